The van der Waals surface area contributed by atoms with E-state index in [0.29, 0.717) is 16.3 Å². The summed E-state index contributed by atoms with van der Waals surface area (Å²) in [6.45, 7) is 0.159. The third kappa shape index (κ3) is 2.38. The molecule has 0 fully saturated rings. The van der Waals surface area contributed by atoms with Crippen LogP contribution >= 0.6 is 11.6 Å². The fraction of sp³-hybridized carbons (Fsp3) is 0.0500. The van der Waals surface area contributed by atoms with Gasteiger partial charge in [0, 0.05) is 10.6 Å². The number of hydroxylamine groups is 1. The van der Waals surface area contributed by atoms with Gasteiger partial charge in [-0.1, -0.05) is 54.1 Å². The van der Waals surface area contributed by atoms with Crippen molar-refractivity contribution in [2.24, 2.45) is 0 Å². The summed E-state index contributed by atoms with van der Waals surface area (Å²) in [5.74, 6) is -0.426. The highest BCUT2D eigenvalue weighted by Crippen LogP contribution is 2.34. The Morgan fingerprint density at radius 2 is 1.54 bits per heavy atom. The number of hydrogen-bond donors (Lipinski definition) is 0. The molecule has 118 valence electrons. The maximum atomic E-state index is 14.4. The van der Waals surface area contributed by atoms with Crippen molar-refractivity contribution in [1.82, 2.24) is 0 Å². The molecule has 2 nitrogen and oxygen atoms in total. The van der Waals surface area contributed by atoms with E-state index in [1.807, 2.05) is 30.3 Å². The predicted molar refractivity (Wildman–Crippen MR) is 93.8 cm³/mol. The number of fused-ring (bicyclic) bond motifs is 3. The Morgan fingerprint density at radius 3 is 2.33 bits per heavy atom. The molecule has 3 aromatic rings. The minimum atomic E-state index is -0.426. The molecule has 1 aliphatic rings. The molecular formula is C20H13ClFNO. The maximum Gasteiger partial charge on any atom is 0.229 e. The number of nitrogens with zero attached hydrogens (tertiary/aromatic N) is 1. The van der Waals surface area contributed by atoms with Crippen LogP contribution in [0.1, 0.15) is 16.7 Å². The summed E-state index contributed by atoms with van der Waals surface area (Å²) in [6, 6.07) is 19.4. The fourth-order valence-corrected chi connectivity index (χ4v) is 3.34. The summed E-state index contributed by atoms with van der Waals surface area (Å²) in [4.78, 5) is 0. The third-order valence-electron chi connectivity index (χ3n) is 4.24. The van der Waals surface area contributed by atoms with Crippen LogP contribution in [-0.4, -0.2) is 10.5 Å². The molecular weight excluding hydrogens is 325 g/mol. The summed E-state index contributed by atoms with van der Waals surface area (Å²) < 4.78 is 15.2. The zero-order valence-electron chi connectivity index (χ0n) is 12.7. The molecule has 0 spiro atoms. The number of halogens is 2. The highest BCUT2D eigenvalue weighted by atomic mass is 35.5. The quantitative estimate of drug-likeness (QED) is 0.453. The molecule has 4 rings (SSSR count). The lowest BCUT2D eigenvalue weighted by molar-refractivity contribution is -0.473. The smallest absolute Gasteiger partial charge is 0.229 e. The maximum absolute atomic E-state index is 14.4. The minimum Gasteiger partial charge on any atom is -0.623 e. The molecule has 0 radical (unpaired) electrons. The van der Waals surface area contributed by atoms with Gasteiger partial charge in [-0.3, -0.25) is 0 Å². The summed E-state index contributed by atoms with van der Waals surface area (Å²) in [7, 11) is 0. The van der Waals surface area contributed by atoms with Crippen LogP contribution in [0.4, 0.5) is 4.39 Å². The molecule has 4 heteroatoms. The predicted octanol–water partition coefficient (Wildman–Crippen LogP) is 5.01. The summed E-state index contributed by atoms with van der Waals surface area (Å²) in [5, 5.41) is 13.4. The van der Waals surface area contributed by atoms with E-state index in [1.54, 1.807) is 30.3 Å². The van der Waals surface area contributed by atoms with E-state index < -0.39 is 5.82 Å². The van der Waals surface area contributed by atoms with E-state index in [-0.39, 0.29) is 12.1 Å². The van der Waals surface area contributed by atoms with E-state index in [1.165, 1.54) is 6.07 Å². The normalized spacial score (nSPS) is 13.2. The SMILES string of the molecule is [O-][N+]1=C(c2ccccc2F)c2cc(Cl)ccc2-c2ccccc2C1. The molecule has 0 atom stereocenters. The van der Waals surface area contributed by atoms with Crippen molar-refractivity contribution in [2.45, 2.75) is 6.54 Å². The van der Waals surface area contributed by atoms with Crippen LogP contribution in [0.2, 0.25) is 5.02 Å². The molecule has 1 aliphatic heterocycles. The van der Waals surface area contributed by atoms with Crippen LogP contribution in [0.25, 0.3) is 11.1 Å². The van der Waals surface area contributed by atoms with E-state index in [9.17, 15) is 9.60 Å². The van der Waals surface area contributed by atoms with Gasteiger partial charge in [-0.15, -0.1) is 0 Å². The molecule has 0 saturated carbocycles. The van der Waals surface area contributed by atoms with Crippen molar-refractivity contribution in [3.63, 3.8) is 0 Å². The van der Waals surface area contributed by atoms with Crippen molar-refractivity contribution in [3.8, 4) is 11.1 Å². The first-order valence-corrected chi connectivity index (χ1v) is 7.97. The highest BCUT2D eigenvalue weighted by Gasteiger charge is 2.27. The van der Waals surface area contributed by atoms with E-state index in [4.69, 9.17) is 11.6 Å². The van der Waals surface area contributed by atoms with Crippen LogP contribution in [0.3, 0.4) is 0 Å². The lowest BCUT2D eigenvalue weighted by atomic mass is 9.92. The van der Waals surface area contributed by atoms with Gasteiger partial charge in [0.2, 0.25) is 5.71 Å². The lowest BCUT2D eigenvalue weighted by Crippen LogP contribution is -2.18. The number of rotatable bonds is 1. The van der Waals surface area contributed by atoms with Gasteiger partial charge in [0.15, 0.2) is 6.54 Å². The molecule has 0 saturated heterocycles. The van der Waals surface area contributed by atoms with E-state index in [0.717, 1.165) is 21.4 Å². The second-order valence-corrected chi connectivity index (χ2v) is 6.15. The van der Waals surface area contributed by atoms with Crippen molar-refractivity contribution in [3.05, 3.63) is 99.5 Å². The molecule has 0 aromatic heterocycles. The first-order valence-electron chi connectivity index (χ1n) is 7.60. The monoisotopic (exact) mass is 337 g/mol. The van der Waals surface area contributed by atoms with Gasteiger partial charge in [0.25, 0.3) is 0 Å². The van der Waals surface area contributed by atoms with Crippen LogP contribution in [-0.2, 0) is 6.54 Å². The van der Waals surface area contributed by atoms with Gasteiger partial charge >= 0.3 is 0 Å². The molecule has 0 amide bonds. The third-order valence-corrected chi connectivity index (χ3v) is 4.47. The van der Waals surface area contributed by atoms with Gasteiger partial charge in [0.1, 0.15) is 5.82 Å². The van der Waals surface area contributed by atoms with Gasteiger partial charge in [-0.2, -0.15) is 4.74 Å². The lowest BCUT2D eigenvalue weighted by Gasteiger charge is -2.11. The number of hydrogen-bond acceptors (Lipinski definition) is 1. The van der Waals surface area contributed by atoms with Crippen molar-refractivity contribution < 1.29 is 9.13 Å². The second kappa shape index (κ2) is 5.77. The van der Waals surface area contributed by atoms with Gasteiger partial charge < -0.3 is 5.21 Å². The fourth-order valence-electron chi connectivity index (χ4n) is 3.17. The van der Waals surface area contributed by atoms with Crippen LogP contribution in [0, 0.1) is 11.0 Å². The summed E-state index contributed by atoms with van der Waals surface area (Å²) in [5.41, 5.74) is 3.99. The molecule has 0 bridgehead atoms. The minimum absolute atomic E-state index is 0.159. The Labute approximate surface area is 144 Å². The highest BCUT2D eigenvalue weighted by molar-refractivity contribution is 6.31. The largest absolute Gasteiger partial charge is 0.623 e. The second-order valence-electron chi connectivity index (χ2n) is 5.71. The Bertz CT molecular complexity index is 981. The molecule has 1 heterocycles. The zero-order valence-corrected chi connectivity index (χ0v) is 13.4. The first kappa shape index (κ1) is 14.9. The van der Waals surface area contributed by atoms with E-state index >= 15 is 0 Å². The van der Waals surface area contributed by atoms with Crippen LogP contribution < -0.4 is 0 Å². The first-order chi connectivity index (χ1) is 11.6. The Kier molecular flexibility index (Phi) is 3.58. The Morgan fingerprint density at radius 1 is 0.833 bits per heavy atom. The molecule has 0 unspecified atom stereocenters. The van der Waals surface area contributed by atoms with Crippen LogP contribution in [0.15, 0.2) is 66.7 Å². The molecule has 3 aromatic carbocycles. The van der Waals surface area contributed by atoms with Gasteiger partial charge in [-0.05, 0) is 35.4 Å². The summed E-state index contributed by atoms with van der Waals surface area (Å²) in [6.07, 6.45) is 0. The Hall–Kier alpha value is -2.65. The standard InChI is InChI=1S/C20H13ClFNO/c21-14-9-10-16-15-6-2-1-5-13(15)12-23(24)20(18(16)11-14)17-7-3-4-8-19(17)22/h1-11H,12H2. The van der Waals surface area contributed by atoms with Crippen molar-refractivity contribution >= 4 is 17.3 Å². The van der Waals surface area contributed by atoms with E-state index in [2.05, 4.69) is 0 Å². The van der Waals surface area contributed by atoms with Gasteiger partial charge in [-0.25, -0.2) is 4.39 Å². The van der Waals surface area contributed by atoms with Crippen LogP contribution in [0.5, 0.6) is 0 Å². The van der Waals surface area contributed by atoms with Crippen molar-refractivity contribution in [1.29, 1.82) is 0 Å². The topological polar surface area (TPSA) is 26.1 Å². The average molecular weight is 338 g/mol. The average Bonchev–Trinajstić information content (AvgIpc) is 2.69. The zero-order chi connectivity index (χ0) is 16.7. The molecule has 0 aliphatic carbocycles. The van der Waals surface area contributed by atoms with Crippen molar-refractivity contribution in [2.75, 3.05) is 0 Å². The van der Waals surface area contributed by atoms with Gasteiger partial charge in [0.05, 0.1) is 11.1 Å². The molecule has 0 N–H and O–H groups in total. The molecule has 24 heavy (non-hydrogen) atoms. The summed E-state index contributed by atoms with van der Waals surface area (Å²) >= 11 is 6.17. The Balaban J connectivity index is 2.08. The number of benzene rings is 3.